The van der Waals surface area contributed by atoms with E-state index in [-0.39, 0.29) is 5.91 Å². The van der Waals surface area contributed by atoms with Crippen LogP contribution in [0, 0.1) is 0 Å². The summed E-state index contributed by atoms with van der Waals surface area (Å²) in [5.74, 6) is 0.799. The number of nitrogens with zero attached hydrogens (tertiary/aromatic N) is 5. The minimum absolute atomic E-state index is 0.161. The number of hydrogen-bond donors (Lipinski definition) is 0. The lowest BCUT2D eigenvalue weighted by atomic mass is 10.1. The van der Waals surface area contributed by atoms with E-state index in [0.29, 0.717) is 12.2 Å². The van der Waals surface area contributed by atoms with E-state index in [1.807, 2.05) is 12.1 Å². The van der Waals surface area contributed by atoms with Crippen molar-refractivity contribution in [1.29, 1.82) is 0 Å². The van der Waals surface area contributed by atoms with Crippen molar-refractivity contribution in [2.75, 3.05) is 29.9 Å². The Morgan fingerprint density at radius 1 is 1.21 bits per heavy atom. The molecule has 6 nitrogen and oxygen atoms in total. The van der Waals surface area contributed by atoms with Gasteiger partial charge in [0.05, 0.1) is 23.9 Å². The number of pyridine rings is 1. The summed E-state index contributed by atoms with van der Waals surface area (Å²) in [6.07, 6.45) is 6.65. The van der Waals surface area contributed by atoms with Crippen molar-refractivity contribution in [2.24, 2.45) is 0 Å². The van der Waals surface area contributed by atoms with Crippen molar-refractivity contribution in [1.82, 2.24) is 14.5 Å². The van der Waals surface area contributed by atoms with Crippen molar-refractivity contribution in [3.05, 3.63) is 60.8 Å². The number of likely N-dealkylation sites (N-methyl/N-ethyl adjacent to an activating group) is 1. The molecule has 0 saturated carbocycles. The predicted octanol–water partition coefficient (Wildman–Crippen LogP) is 3.62. The number of anilines is 2. The van der Waals surface area contributed by atoms with Gasteiger partial charge in [0.15, 0.2) is 5.65 Å². The first-order valence-corrected chi connectivity index (χ1v) is 9.72. The van der Waals surface area contributed by atoms with E-state index in [1.54, 1.807) is 18.1 Å². The molecule has 0 bridgehead atoms. The zero-order valence-corrected chi connectivity index (χ0v) is 16.2. The monoisotopic (exact) mass is 375 g/mol. The Kier molecular flexibility index (Phi) is 5.10. The molecule has 0 N–H and O–H groups in total. The van der Waals surface area contributed by atoms with E-state index in [1.165, 1.54) is 30.9 Å². The van der Waals surface area contributed by atoms with Gasteiger partial charge >= 0.3 is 0 Å². The lowest BCUT2D eigenvalue weighted by molar-refractivity contribution is -0.113. The number of imidazole rings is 1. The van der Waals surface area contributed by atoms with Crippen molar-refractivity contribution in [2.45, 2.75) is 25.8 Å². The van der Waals surface area contributed by atoms with Crippen LogP contribution < -0.4 is 9.80 Å². The number of amides is 1. The molecule has 1 fully saturated rings. The predicted molar refractivity (Wildman–Crippen MR) is 113 cm³/mol. The summed E-state index contributed by atoms with van der Waals surface area (Å²) in [6, 6.07) is 12.4. The van der Waals surface area contributed by atoms with Crippen LogP contribution in [-0.2, 0) is 11.3 Å². The Bertz CT molecular complexity index is 989. The summed E-state index contributed by atoms with van der Waals surface area (Å²) in [7, 11) is 1.73. The average Bonchev–Trinajstić information content (AvgIpc) is 3.11. The lowest BCUT2D eigenvalue weighted by Crippen LogP contribution is -2.32. The molecular formula is C22H25N5O. The number of rotatable bonds is 5. The van der Waals surface area contributed by atoms with Crippen LogP contribution in [0.1, 0.15) is 24.8 Å². The second kappa shape index (κ2) is 7.84. The molecule has 28 heavy (non-hydrogen) atoms. The first kappa shape index (κ1) is 18.2. The minimum Gasteiger partial charge on any atom is -0.342 e. The summed E-state index contributed by atoms with van der Waals surface area (Å²) >= 11 is 0. The van der Waals surface area contributed by atoms with Gasteiger partial charge in [-0.1, -0.05) is 36.9 Å². The Morgan fingerprint density at radius 3 is 2.68 bits per heavy atom. The number of carbonyl (C=O) groups is 1. The molecule has 1 aliphatic rings. The van der Waals surface area contributed by atoms with Crippen LogP contribution in [0.25, 0.3) is 11.2 Å². The van der Waals surface area contributed by atoms with Gasteiger partial charge < -0.3 is 14.4 Å². The zero-order valence-electron chi connectivity index (χ0n) is 16.2. The first-order chi connectivity index (χ1) is 13.7. The normalized spacial score (nSPS) is 14.2. The summed E-state index contributed by atoms with van der Waals surface area (Å²) < 4.78 is 2.22. The maximum atomic E-state index is 12.0. The maximum absolute atomic E-state index is 12.0. The fraction of sp³-hybridized carbons (Fsp3) is 0.318. The van der Waals surface area contributed by atoms with E-state index in [2.05, 4.69) is 45.3 Å². The number of piperidine rings is 1. The van der Waals surface area contributed by atoms with Crippen LogP contribution in [0.3, 0.4) is 0 Å². The average molecular weight is 375 g/mol. The Hall–Kier alpha value is -3.15. The largest absolute Gasteiger partial charge is 0.342 e. The summed E-state index contributed by atoms with van der Waals surface area (Å²) in [6.45, 7) is 6.32. The number of benzene rings is 1. The van der Waals surface area contributed by atoms with Gasteiger partial charge in [-0.15, -0.1) is 0 Å². The molecular weight excluding hydrogens is 350 g/mol. The smallest absolute Gasteiger partial charge is 0.250 e. The van der Waals surface area contributed by atoms with Gasteiger partial charge in [0.2, 0.25) is 11.9 Å². The standard InChI is InChI=1S/C22H25N5O/c1-3-20(28)25(2)18-14-19-21(23-15-18)24-22(26-12-8-5-9-13-26)27(19)16-17-10-6-4-7-11-17/h3-4,6-7,10-11,14-15H,1,5,8-9,12-13,16H2,2H3. The van der Waals surface area contributed by atoms with Crippen molar-refractivity contribution in [3.8, 4) is 0 Å². The van der Waals surface area contributed by atoms with Crippen molar-refractivity contribution in [3.63, 3.8) is 0 Å². The molecule has 144 valence electrons. The van der Waals surface area contributed by atoms with Gasteiger partial charge in [-0.3, -0.25) is 4.79 Å². The molecule has 1 aliphatic heterocycles. The van der Waals surface area contributed by atoms with Crippen LogP contribution in [0.5, 0.6) is 0 Å². The quantitative estimate of drug-likeness (QED) is 0.639. The van der Waals surface area contributed by atoms with Gasteiger partial charge in [0.1, 0.15) is 0 Å². The molecule has 0 aliphatic carbocycles. The molecule has 6 heteroatoms. The zero-order chi connectivity index (χ0) is 19.5. The van der Waals surface area contributed by atoms with E-state index in [0.717, 1.165) is 30.2 Å². The molecule has 0 atom stereocenters. The molecule has 3 heterocycles. The first-order valence-electron chi connectivity index (χ1n) is 9.72. The minimum atomic E-state index is -0.161. The van der Waals surface area contributed by atoms with E-state index >= 15 is 0 Å². The van der Waals surface area contributed by atoms with Crippen LogP contribution in [0.4, 0.5) is 11.6 Å². The third-order valence-electron chi connectivity index (χ3n) is 5.29. The molecule has 3 aromatic rings. The SMILES string of the molecule is C=CC(=O)N(C)c1cnc2nc(N3CCCCC3)n(Cc3ccccc3)c2c1. The van der Waals surface area contributed by atoms with Crippen LogP contribution >= 0.6 is 0 Å². The summed E-state index contributed by atoms with van der Waals surface area (Å²) in [4.78, 5) is 25.3. The highest BCUT2D eigenvalue weighted by Crippen LogP contribution is 2.28. The summed E-state index contributed by atoms with van der Waals surface area (Å²) in [5.41, 5.74) is 3.59. The number of fused-ring (bicyclic) bond motifs is 1. The van der Waals surface area contributed by atoms with Crippen LogP contribution in [-0.4, -0.2) is 40.6 Å². The van der Waals surface area contributed by atoms with E-state index in [4.69, 9.17) is 4.98 Å². The fourth-order valence-corrected chi connectivity index (χ4v) is 3.69. The Morgan fingerprint density at radius 2 is 1.96 bits per heavy atom. The molecule has 0 radical (unpaired) electrons. The highest BCUT2D eigenvalue weighted by atomic mass is 16.2. The Balaban J connectivity index is 1.81. The lowest BCUT2D eigenvalue weighted by Gasteiger charge is -2.28. The highest BCUT2D eigenvalue weighted by Gasteiger charge is 2.21. The molecule has 1 saturated heterocycles. The third kappa shape index (κ3) is 3.50. The van der Waals surface area contributed by atoms with E-state index < -0.39 is 0 Å². The summed E-state index contributed by atoms with van der Waals surface area (Å²) in [5, 5.41) is 0. The van der Waals surface area contributed by atoms with Crippen LogP contribution in [0.2, 0.25) is 0 Å². The fourth-order valence-electron chi connectivity index (χ4n) is 3.69. The molecule has 0 unspecified atom stereocenters. The van der Waals surface area contributed by atoms with Gasteiger partial charge in [0.25, 0.3) is 0 Å². The van der Waals surface area contributed by atoms with Gasteiger partial charge in [-0.25, -0.2) is 4.98 Å². The van der Waals surface area contributed by atoms with Crippen LogP contribution in [0.15, 0.2) is 55.3 Å². The highest BCUT2D eigenvalue weighted by molar-refractivity contribution is 6.01. The second-order valence-corrected chi connectivity index (χ2v) is 7.17. The number of aromatic nitrogens is 3. The molecule has 0 spiro atoms. The third-order valence-corrected chi connectivity index (χ3v) is 5.29. The van der Waals surface area contributed by atoms with Crippen molar-refractivity contribution >= 4 is 28.7 Å². The molecule has 2 aromatic heterocycles. The maximum Gasteiger partial charge on any atom is 0.250 e. The molecule has 1 amide bonds. The topological polar surface area (TPSA) is 54.3 Å². The van der Waals surface area contributed by atoms with E-state index in [9.17, 15) is 4.79 Å². The molecule has 1 aromatic carbocycles. The Labute approximate surface area is 165 Å². The van der Waals surface area contributed by atoms with Gasteiger partial charge in [-0.2, -0.15) is 4.98 Å². The van der Waals surface area contributed by atoms with Gasteiger partial charge in [0, 0.05) is 20.1 Å². The molecule has 4 rings (SSSR count). The van der Waals surface area contributed by atoms with Gasteiger partial charge in [-0.05, 0) is 37.0 Å². The van der Waals surface area contributed by atoms with Crippen molar-refractivity contribution < 1.29 is 4.79 Å². The number of carbonyl (C=O) groups excluding carboxylic acids is 1. The second-order valence-electron chi connectivity index (χ2n) is 7.17. The number of hydrogen-bond acceptors (Lipinski definition) is 4.